The fraction of sp³-hybridized carbons (Fsp3) is 0.692. The van der Waals surface area contributed by atoms with Gasteiger partial charge in [0.15, 0.2) is 0 Å². The van der Waals surface area contributed by atoms with Gasteiger partial charge in [-0.15, -0.1) is 0 Å². The molecule has 2 amide bonds. The van der Waals surface area contributed by atoms with Gasteiger partial charge in [-0.2, -0.15) is 4.31 Å². The van der Waals surface area contributed by atoms with Crippen molar-refractivity contribution in [3.05, 3.63) is 22.2 Å². The quantitative estimate of drug-likeness (QED) is 0.506. The third-order valence-corrected chi connectivity index (χ3v) is 10.2. The zero-order valence-corrected chi connectivity index (χ0v) is 23.9. The van der Waals surface area contributed by atoms with Crippen molar-refractivity contribution in [2.45, 2.75) is 76.2 Å². The number of hydrogen-bond donors (Lipinski definition) is 1. The molecular formula is C26H39BrN4O4S. The number of carbonyl (C=O) groups is 2. The number of halogens is 1. The number of likely N-dealkylation sites (tertiary alicyclic amines) is 1. The van der Waals surface area contributed by atoms with Crippen LogP contribution < -0.4 is 10.2 Å². The van der Waals surface area contributed by atoms with Gasteiger partial charge in [0.2, 0.25) is 21.8 Å². The van der Waals surface area contributed by atoms with E-state index in [0.29, 0.717) is 61.5 Å². The van der Waals surface area contributed by atoms with E-state index in [9.17, 15) is 18.0 Å². The molecule has 1 aromatic carbocycles. The predicted octanol–water partition coefficient (Wildman–Crippen LogP) is 3.53. The molecule has 0 aromatic heterocycles. The van der Waals surface area contributed by atoms with E-state index >= 15 is 0 Å². The predicted molar refractivity (Wildman–Crippen MR) is 144 cm³/mol. The maximum absolute atomic E-state index is 13.8. The molecular weight excluding hydrogens is 544 g/mol. The van der Waals surface area contributed by atoms with Crippen LogP contribution in [0.25, 0.3) is 0 Å². The van der Waals surface area contributed by atoms with Crippen LogP contribution >= 0.6 is 15.9 Å². The molecule has 2 fully saturated rings. The van der Waals surface area contributed by atoms with Crippen LogP contribution in [0.3, 0.4) is 0 Å². The summed E-state index contributed by atoms with van der Waals surface area (Å²) < 4.78 is 29.8. The molecule has 3 aliphatic rings. The third kappa shape index (κ3) is 5.81. The smallest absolute Gasteiger partial charge is 0.245 e. The van der Waals surface area contributed by atoms with E-state index in [4.69, 9.17) is 0 Å². The lowest BCUT2D eigenvalue weighted by Gasteiger charge is -2.35. The molecule has 3 aliphatic heterocycles. The van der Waals surface area contributed by atoms with Crippen LogP contribution in [-0.2, 0) is 26.0 Å². The average molecular weight is 584 g/mol. The highest BCUT2D eigenvalue weighted by atomic mass is 79.9. The molecule has 36 heavy (non-hydrogen) atoms. The number of piperidine rings is 2. The van der Waals surface area contributed by atoms with Crippen LogP contribution in [0.1, 0.15) is 64.4 Å². The summed E-state index contributed by atoms with van der Waals surface area (Å²) in [7, 11) is -3.88. The molecule has 8 nitrogen and oxygen atoms in total. The minimum Gasteiger partial charge on any atom is -0.355 e. The van der Waals surface area contributed by atoms with Gasteiger partial charge < -0.3 is 10.2 Å². The summed E-state index contributed by atoms with van der Waals surface area (Å²) in [5.41, 5.74) is 1.36. The molecule has 4 rings (SSSR count). The second-order valence-corrected chi connectivity index (χ2v) is 13.0. The number of hydrogen-bond acceptors (Lipinski definition) is 5. The number of fused-ring (bicyclic) bond motifs is 1. The van der Waals surface area contributed by atoms with Crippen molar-refractivity contribution in [1.29, 1.82) is 0 Å². The van der Waals surface area contributed by atoms with Crippen LogP contribution in [0, 0.1) is 5.92 Å². The van der Waals surface area contributed by atoms with Crippen molar-refractivity contribution in [2.75, 3.05) is 44.2 Å². The first-order valence-electron chi connectivity index (χ1n) is 13.4. The summed E-state index contributed by atoms with van der Waals surface area (Å²) in [6, 6.07) is 4.09. The molecule has 0 spiro atoms. The topological polar surface area (TPSA) is 90.0 Å². The first kappa shape index (κ1) is 27.5. The van der Waals surface area contributed by atoms with Crippen molar-refractivity contribution in [1.82, 2.24) is 14.5 Å². The Morgan fingerprint density at radius 2 is 1.89 bits per heavy atom. The average Bonchev–Trinajstić information content (AvgIpc) is 3.31. The summed E-state index contributed by atoms with van der Waals surface area (Å²) in [6.07, 6.45) is 7.09. The highest BCUT2D eigenvalue weighted by Gasteiger charge is 2.38. The third-order valence-electron chi connectivity index (χ3n) is 7.89. The molecule has 0 radical (unpaired) electrons. The van der Waals surface area contributed by atoms with Gasteiger partial charge in [-0.25, -0.2) is 8.42 Å². The summed E-state index contributed by atoms with van der Waals surface area (Å²) in [4.78, 5) is 29.8. The van der Waals surface area contributed by atoms with Crippen LogP contribution in [0.2, 0.25) is 0 Å². The molecule has 0 aliphatic carbocycles. The summed E-state index contributed by atoms with van der Waals surface area (Å²) in [5, 5.41) is 3.07. The van der Waals surface area contributed by atoms with Gasteiger partial charge in [-0.1, -0.05) is 36.2 Å². The molecule has 2 saturated heterocycles. The monoisotopic (exact) mass is 582 g/mol. The van der Waals surface area contributed by atoms with Gasteiger partial charge in [-0.05, 0) is 62.8 Å². The van der Waals surface area contributed by atoms with E-state index < -0.39 is 10.0 Å². The van der Waals surface area contributed by atoms with Gasteiger partial charge in [0.25, 0.3) is 0 Å². The van der Waals surface area contributed by atoms with Crippen molar-refractivity contribution in [3.8, 4) is 0 Å². The molecule has 0 bridgehead atoms. The van der Waals surface area contributed by atoms with Crippen molar-refractivity contribution < 1.29 is 18.0 Å². The van der Waals surface area contributed by atoms with E-state index in [1.165, 1.54) is 23.6 Å². The number of amides is 2. The number of nitrogens with one attached hydrogen (secondary N) is 1. The van der Waals surface area contributed by atoms with Crippen LogP contribution in [0.15, 0.2) is 21.5 Å². The maximum Gasteiger partial charge on any atom is 0.245 e. The number of anilines is 1. The number of sulfonamides is 1. The highest BCUT2D eigenvalue weighted by molar-refractivity contribution is 9.10. The van der Waals surface area contributed by atoms with Gasteiger partial charge in [0.05, 0.1) is 11.6 Å². The van der Waals surface area contributed by atoms with Crippen LogP contribution in [0.4, 0.5) is 5.69 Å². The minimum absolute atomic E-state index is 0.0674. The Balaban J connectivity index is 1.44. The summed E-state index contributed by atoms with van der Waals surface area (Å²) >= 11 is 3.46. The van der Waals surface area contributed by atoms with Gasteiger partial charge >= 0.3 is 0 Å². The SMILES string of the molecule is CCC(=O)N1CCc2cc(Br)cc(S(=O)(=O)N3CCCC(C(=O)NCCN4CCCCC4CC)C3)c21. The molecule has 200 valence electrons. The Kier molecular flexibility index (Phi) is 9.12. The zero-order chi connectivity index (χ0) is 25.9. The number of nitrogens with zero attached hydrogens (tertiary/aromatic N) is 3. The minimum atomic E-state index is -3.88. The molecule has 0 saturated carbocycles. The lowest BCUT2D eigenvalue weighted by Crippen LogP contribution is -2.48. The highest BCUT2D eigenvalue weighted by Crippen LogP contribution is 2.39. The maximum atomic E-state index is 13.8. The van der Waals surface area contributed by atoms with Crippen molar-refractivity contribution in [3.63, 3.8) is 0 Å². The van der Waals surface area contributed by atoms with E-state index in [1.807, 2.05) is 6.07 Å². The number of rotatable bonds is 8. The molecule has 10 heteroatoms. The summed E-state index contributed by atoms with van der Waals surface area (Å²) in [6.45, 7) is 7.54. The van der Waals surface area contributed by atoms with E-state index in [-0.39, 0.29) is 29.2 Å². The Bertz CT molecular complexity index is 1080. The largest absolute Gasteiger partial charge is 0.355 e. The lowest BCUT2D eigenvalue weighted by molar-refractivity contribution is -0.126. The number of benzene rings is 1. The molecule has 3 heterocycles. The first-order chi connectivity index (χ1) is 17.3. The zero-order valence-electron chi connectivity index (χ0n) is 21.5. The van der Waals surface area contributed by atoms with Crippen LogP contribution in [0.5, 0.6) is 0 Å². The van der Waals surface area contributed by atoms with E-state index in [2.05, 4.69) is 33.1 Å². The molecule has 2 atom stereocenters. The Hall–Kier alpha value is -1.49. The van der Waals surface area contributed by atoms with Gasteiger partial charge in [0.1, 0.15) is 4.90 Å². The van der Waals surface area contributed by atoms with Gasteiger partial charge in [0, 0.05) is 49.7 Å². The second kappa shape index (κ2) is 11.9. The summed E-state index contributed by atoms with van der Waals surface area (Å²) in [5.74, 6) is -0.518. The fourth-order valence-electron chi connectivity index (χ4n) is 5.90. The molecule has 1 N–H and O–H groups in total. The fourth-order valence-corrected chi connectivity index (χ4v) is 8.35. The lowest BCUT2D eigenvalue weighted by atomic mass is 9.98. The number of carbonyl (C=O) groups excluding carboxylic acids is 2. The van der Waals surface area contributed by atoms with Crippen molar-refractivity contribution in [2.24, 2.45) is 5.92 Å². The van der Waals surface area contributed by atoms with Crippen molar-refractivity contribution >= 4 is 43.5 Å². The first-order valence-corrected chi connectivity index (χ1v) is 15.6. The van der Waals surface area contributed by atoms with E-state index in [1.54, 1.807) is 17.9 Å². The second-order valence-electron chi connectivity index (χ2n) is 10.1. The molecule has 2 unspecified atom stereocenters. The Morgan fingerprint density at radius 1 is 1.08 bits per heavy atom. The van der Waals surface area contributed by atoms with Crippen LogP contribution in [-0.4, -0.2) is 74.7 Å². The van der Waals surface area contributed by atoms with Gasteiger partial charge in [-0.3, -0.25) is 14.5 Å². The molecule has 1 aromatic rings. The van der Waals surface area contributed by atoms with E-state index in [0.717, 1.165) is 25.1 Å². The Morgan fingerprint density at radius 3 is 2.64 bits per heavy atom. The standard InChI is InChI=1S/C26H39BrN4O4S/c1-3-22-9-5-6-12-29(22)15-11-28-26(33)20-8-7-13-30(18-20)36(34,35)23-17-21(27)16-19-10-14-31(25(19)23)24(32)4-2/h16-17,20,22H,3-15,18H2,1-2H3,(H,28,33). The Labute approximate surface area is 223 Å². The normalized spacial score (nSPS) is 23.5.